The molecule has 1 saturated carbocycles. The fourth-order valence-corrected chi connectivity index (χ4v) is 2.10. The van der Waals surface area contributed by atoms with E-state index in [1.54, 1.807) is 6.92 Å². The topological polar surface area (TPSA) is 29.1 Å². The summed E-state index contributed by atoms with van der Waals surface area (Å²) < 4.78 is 0. The maximum Gasteiger partial charge on any atom is 0.217 e. The molecule has 0 heterocycles. The van der Waals surface area contributed by atoms with Gasteiger partial charge in [-0.1, -0.05) is 20.3 Å². The maximum atomic E-state index is 10.8. The molecule has 0 atom stereocenters. The summed E-state index contributed by atoms with van der Waals surface area (Å²) in [7, 11) is 0. The van der Waals surface area contributed by atoms with E-state index in [1.165, 1.54) is 19.3 Å². The van der Waals surface area contributed by atoms with Crippen LogP contribution in [0.2, 0.25) is 0 Å². The number of amides is 1. The summed E-state index contributed by atoms with van der Waals surface area (Å²) in [6.07, 6.45) is 6.09. The highest BCUT2D eigenvalue weighted by molar-refractivity contribution is 5.73. The van der Waals surface area contributed by atoms with E-state index >= 15 is 0 Å². The molecule has 1 fully saturated rings. The van der Waals surface area contributed by atoms with Crippen molar-refractivity contribution in [2.45, 2.75) is 58.9 Å². The molecule has 1 aliphatic carbocycles. The molecule has 0 bridgehead atoms. The molecule has 1 aliphatic rings. The minimum absolute atomic E-state index is 0.116. The minimum Gasteiger partial charge on any atom is -0.354 e. The first kappa shape index (κ1) is 10.6. The van der Waals surface area contributed by atoms with Crippen LogP contribution in [0.4, 0.5) is 0 Å². The van der Waals surface area contributed by atoms with Gasteiger partial charge in [0, 0.05) is 13.0 Å². The minimum atomic E-state index is 0.116. The highest BCUT2D eigenvalue weighted by Gasteiger charge is 2.29. The quantitative estimate of drug-likeness (QED) is 0.700. The van der Waals surface area contributed by atoms with Crippen molar-refractivity contribution in [3.63, 3.8) is 0 Å². The Morgan fingerprint density at radius 1 is 1.46 bits per heavy atom. The van der Waals surface area contributed by atoms with Crippen LogP contribution in [-0.4, -0.2) is 11.9 Å². The molecule has 2 nitrogen and oxygen atoms in total. The van der Waals surface area contributed by atoms with Crippen LogP contribution >= 0.6 is 0 Å². The maximum absolute atomic E-state index is 10.8. The van der Waals surface area contributed by atoms with Gasteiger partial charge in [-0.15, -0.1) is 0 Å². The Kier molecular flexibility index (Phi) is 3.34. The summed E-state index contributed by atoms with van der Waals surface area (Å²) in [6, 6.07) is 0.442. The fourth-order valence-electron chi connectivity index (χ4n) is 2.10. The van der Waals surface area contributed by atoms with Crippen LogP contribution in [0.3, 0.4) is 0 Å². The summed E-state index contributed by atoms with van der Waals surface area (Å²) in [5.74, 6) is 0.116. The summed E-state index contributed by atoms with van der Waals surface area (Å²) in [6.45, 7) is 6.23. The van der Waals surface area contributed by atoms with E-state index in [2.05, 4.69) is 19.2 Å². The van der Waals surface area contributed by atoms with Gasteiger partial charge in [-0.3, -0.25) is 4.79 Å². The summed E-state index contributed by atoms with van der Waals surface area (Å²) in [5.41, 5.74) is 0.537. The molecule has 0 radical (unpaired) electrons. The Labute approximate surface area is 81.1 Å². The first-order valence-electron chi connectivity index (χ1n) is 5.33. The zero-order valence-electron chi connectivity index (χ0n) is 9.02. The SMILES string of the molecule is CCC1(C)CCC(NC(C)=O)CC1. The van der Waals surface area contributed by atoms with Crippen LogP contribution in [0.5, 0.6) is 0 Å². The van der Waals surface area contributed by atoms with Gasteiger partial charge in [0.1, 0.15) is 0 Å². The Hall–Kier alpha value is -0.530. The van der Waals surface area contributed by atoms with Crippen molar-refractivity contribution in [3.05, 3.63) is 0 Å². The number of carbonyl (C=O) groups is 1. The van der Waals surface area contributed by atoms with Crippen LogP contribution in [0.15, 0.2) is 0 Å². The van der Waals surface area contributed by atoms with E-state index in [-0.39, 0.29) is 5.91 Å². The van der Waals surface area contributed by atoms with Crippen LogP contribution < -0.4 is 5.32 Å². The molecular weight excluding hydrogens is 162 g/mol. The molecule has 76 valence electrons. The molecule has 0 spiro atoms. The number of rotatable bonds is 2. The Balaban J connectivity index is 2.34. The van der Waals surface area contributed by atoms with Gasteiger partial charge >= 0.3 is 0 Å². The van der Waals surface area contributed by atoms with Crippen molar-refractivity contribution in [3.8, 4) is 0 Å². The second kappa shape index (κ2) is 4.12. The molecule has 2 heteroatoms. The predicted molar refractivity (Wildman–Crippen MR) is 54.5 cm³/mol. The van der Waals surface area contributed by atoms with Crippen molar-refractivity contribution in [2.75, 3.05) is 0 Å². The number of nitrogens with one attached hydrogen (secondary N) is 1. The lowest BCUT2D eigenvalue weighted by Gasteiger charge is -2.36. The second-order valence-electron chi connectivity index (χ2n) is 4.64. The van der Waals surface area contributed by atoms with Gasteiger partial charge in [0.25, 0.3) is 0 Å². The highest BCUT2D eigenvalue weighted by Crippen LogP contribution is 2.38. The number of hydrogen-bond acceptors (Lipinski definition) is 1. The Morgan fingerprint density at radius 2 is 2.00 bits per heavy atom. The normalized spacial score (nSPS) is 34.2. The van der Waals surface area contributed by atoms with Gasteiger partial charge in [-0.05, 0) is 31.1 Å². The van der Waals surface area contributed by atoms with Crippen LogP contribution in [0, 0.1) is 5.41 Å². The van der Waals surface area contributed by atoms with Gasteiger partial charge in [-0.25, -0.2) is 0 Å². The van der Waals surface area contributed by atoms with E-state index in [0.29, 0.717) is 11.5 Å². The van der Waals surface area contributed by atoms with Crippen molar-refractivity contribution in [2.24, 2.45) is 5.41 Å². The first-order chi connectivity index (χ1) is 6.06. The van der Waals surface area contributed by atoms with Gasteiger partial charge in [0.2, 0.25) is 5.91 Å². The highest BCUT2D eigenvalue weighted by atomic mass is 16.1. The molecule has 0 unspecified atom stereocenters. The van der Waals surface area contributed by atoms with Crippen molar-refractivity contribution >= 4 is 5.91 Å². The summed E-state index contributed by atoms with van der Waals surface area (Å²) in [4.78, 5) is 10.8. The average Bonchev–Trinajstić information content (AvgIpc) is 2.09. The van der Waals surface area contributed by atoms with Gasteiger partial charge in [0.15, 0.2) is 0 Å². The smallest absolute Gasteiger partial charge is 0.217 e. The van der Waals surface area contributed by atoms with Crippen molar-refractivity contribution in [1.29, 1.82) is 0 Å². The summed E-state index contributed by atoms with van der Waals surface area (Å²) >= 11 is 0. The molecule has 1 amide bonds. The third kappa shape index (κ3) is 3.02. The molecule has 0 aromatic carbocycles. The first-order valence-corrected chi connectivity index (χ1v) is 5.33. The van der Waals surface area contributed by atoms with E-state index < -0.39 is 0 Å². The molecule has 13 heavy (non-hydrogen) atoms. The lowest BCUT2D eigenvalue weighted by Crippen LogP contribution is -2.38. The predicted octanol–water partition coefficient (Wildman–Crippen LogP) is 2.48. The van der Waals surface area contributed by atoms with Crippen LogP contribution in [0.1, 0.15) is 52.9 Å². The van der Waals surface area contributed by atoms with Crippen LogP contribution in [-0.2, 0) is 4.79 Å². The molecule has 1 N–H and O–H groups in total. The second-order valence-corrected chi connectivity index (χ2v) is 4.64. The lowest BCUT2D eigenvalue weighted by atomic mass is 9.72. The van der Waals surface area contributed by atoms with Crippen molar-refractivity contribution in [1.82, 2.24) is 5.32 Å². The van der Waals surface area contributed by atoms with Gasteiger partial charge in [0.05, 0.1) is 0 Å². The van der Waals surface area contributed by atoms with Gasteiger partial charge < -0.3 is 5.32 Å². The zero-order chi connectivity index (χ0) is 9.90. The standard InChI is InChI=1S/C11H21NO/c1-4-11(3)7-5-10(6-8-11)12-9(2)13/h10H,4-8H2,1-3H3,(H,12,13). The third-order valence-corrected chi connectivity index (χ3v) is 3.45. The fraction of sp³-hybridized carbons (Fsp3) is 0.909. The molecule has 0 aliphatic heterocycles. The number of hydrogen-bond donors (Lipinski definition) is 1. The monoisotopic (exact) mass is 183 g/mol. The Bertz CT molecular complexity index is 181. The molecule has 0 aromatic heterocycles. The molecular formula is C11H21NO. The van der Waals surface area contributed by atoms with E-state index in [9.17, 15) is 4.79 Å². The summed E-state index contributed by atoms with van der Waals surface area (Å²) in [5, 5.41) is 3.00. The van der Waals surface area contributed by atoms with E-state index in [1.807, 2.05) is 0 Å². The molecule has 0 aromatic rings. The molecule has 0 saturated heterocycles. The van der Waals surface area contributed by atoms with E-state index in [4.69, 9.17) is 0 Å². The van der Waals surface area contributed by atoms with Crippen molar-refractivity contribution < 1.29 is 4.79 Å². The lowest BCUT2D eigenvalue weighted by molar-refractivity contribution is -0.120. The average molecular weight is 183 g/mol. The largest absolute Gasteiger partial charge is 0.354 e. The van der Waals surface area contributed by atoms with Crippen LogP contribution in [0.25, 0.3) is 0 Å². The Morgan fingerprint density at radius 3 is 2.38 bits per heavy atom. The van der Waals surface area contributed by atoms with E-state index in [0.717, 1.165) is 12.8 Å². The number of carbonyl (C=O) groups excluding carboxylic acids is 1. The molecule has 1 rings (SSSR count). The third-order valence-electron chi connectivity index (χ3n) is 3.45. The zero-order valence-corrected chi connectivity index (χ0v) is 9.02. The van der Waals surface area contributed by atoms with Gasteiger partial charge in [-0.2, -0.15) is 0 Å².